The number of urea groups is 1. The molecule has 2 amide bonds. The smallest absolute Gasteiger partial charge is 0.317 e. The normalized spacial score (nSPS) is 20.1. The van der Waals surface area contributed by atoms with Crippen molar-refractivity contribution in [2.45, 2.75) is 57.7 Å². The van der Waals surface area contributed by atoms with Crippen molar-refractivity contribution in [3.8, 4) is 17.0 Å². The van der Waals surface area contributed by atoms with Crippen LogP contribution in [0.15, 0.2) is 42.9 Å². The van der Waals surface area contributed by atoms with Crippen molar-refractivity contribution in [2.75, 3.05) is 18.8 Å². The van der Waals surface area contributed by atoms with Crippen molar-refractivity contribution in [1.29, 1.82) is 0 Å². The fourth-order valence-corrected chi connectivity index (χ4v) is 4.98. The van der Waals surface area contributed by atoms with Crippen LogP contribution in [-0.4, -0.2) is 49.8 Å². The fraction of sp³-hybridized carbons (Fsp3) is 0.440. The average Bonchev–Trinajstić information content (AvgIpc) is 3.52. The molecule has 3 aromatic rings. The van der Waals surface area contributed by atoms with Crippen LogP contribution in [0.1, 0.15) is 51.0 Å². The molecule has 0 bridgehead atoms. The zero-order valence-corrected chi connectivity index (χ0v) is 19.9. The monoisotopic (exact) mass is 461 g/mol. The first-order chi connectivity index (χ1) is 16.3. The van der Waals surface area contributed by atoms with E-state index in [2.05, 4.69) is 26.0 Å². The topological polar surface area (TPSA) is 111 Å². The summed E-state index contributed by atoms with van der Waals surface area (Å²) >= 11 is 0. The predicted octanol–water partition coefficient (Wildman–Crippen LogP) is 3.53. The average molecular weight is 462 g/mol. The third-order valence-corrected chi connectivity index (χ3v) is 6.84. The molecule has 3 aromatic heterocycles. The number of ether oxygens (including phenoxy) is 1. The van der Waals surface area contributed by atoms with Crippen LogP contribution in [-0.2, 0) is 12.0 Å². The van der Waals surface area contributed by atoms with Gasteiger partial charge in [0.2, 0.25) is 0 Å². The molecular formula is C25H31N7O2. The van der Waals surface area contributed by atoms with E-state index in [-0.39, 0.29) is 23.6 Å². The highest BCUT2D eigenvalue weighted by Gasteiger charge is 2.47. The highest BCUT2D eigenvalue weighted by Crippen LogP contribution is 2.44. The van der Waals surface area contributed by atoms with Gasteiger partial charge in [-0.3, -0.25) is 9.67 Å². The number of pyridine rings is 2. The SMILES string of the molecule is CC(C)NC(=O)N1CC[C@@]2(CCn3nc(-c4cnc(N)c(OC(C)c5ccncc5)c4)cc32)C1. The van der Waals surface area contributed by atoms with E-state index in [1.807, 2.05) is 43.9 Å². The molecule has 9 heteroatoms. The molecule has 34 heavy (non-hydrogen) atoms. The summed E-state index contributed by atoms with van der Waals surface area (Å²) in [7, 11) is 0. The number of aryl methyl sites for hydroxylation is 1. The first-order valence-electron chi connectivity index (χ1n) is 11.8. The van der Waals surface area contributed by atoms with E-state index in [0.717, 1.165) is 42.8 Å². The molecule has 9 nitrogen and oxygen atoms in total. The minimum absolute atomic E-state index is 0.0120. The van der Waals surface area contributed by atoms with E-state index < -0.39 is 0 Å². The second-order valence-electron chi connectivity index (χ2n) is 9.59. The van der Waals surface area contributed by atoms with Gasteiger partial charge in [0.25, 0.3) is 0 Å². The lowest BCUT2D eigenvalue weighted by Gasteiger charge is -2.24. The highest BCUT2D eigenvalue weighted by atomic mass is 16.5. The van der Waals surface area contributed by atoms with Crippen molar-refractivity contribution < 1.29 is 9.53 Å². The summed E-state index contributed by atoms with van der Waals surface area (Å²) in [4.78, 5) is 22.9. The summed E-state index contributed by atoms with van der Waals surface area (Å²) in [6.07, 6.45) is 6.97. The maximum Gasteiger partial charge on any atom is 0.317 e. The van der Waals surface area contributed by atoms with Crippen LogP contribution in [0, 0.1) is 0 Å². The number of hydrogen-bond acceptors (Lipinski definition) is 6. The Morgan fingerprint density at radius 1 is 1.18 bits per heavy atom. The Balaban J connectivity index is 1.37. The van der Waals surface area contributed by atoms with Crippen LogP contribution in [0.2, 0.25) is 0 Å². The first kappa shape index (κ1) is 22.2. The van der Waals surface area contributed by atoms with E-state index in [0.29, 0.717) is 18.1 Å². The molecule has 2 aliphatic rings. The summed E-state index contributed by atoms with van der Waals surface area (Å²) in [5, 5.41) is 7.87. The molecule has 0 aliphatic carbocycles. The number of carbonyl (C=O) groups is 1. The van der Waals surface area contributed by atoms with Gasteiger partial charge in [-0.05, 0) is 63.4 Å². The first-order valence-corrected chi connectivity index (χ1v) is 11.8. The lowest BCUT2D eigenvalue weighted by Crippen LogP contribution is -2.43. The number of anilines is 1. The molecule has 5 heterocycles. The Morgan fingerprint density at radius 2 is 1.94 bits per heavy atom. The van der Waals surface area contributed by atoms with Crippen LogP contribution in [0.25, 0.3) is 11.3 Å². The van der Waals surface area contributed by atoms with E-state index in [9.17, 15) is 4.79 Å². The summed E-state index contributed by atoms with van der Waals surface area (Å²) in [6, 6.07) is 8.02. The van der Waals surface area contributed by atoms with E-state index in [4.69, 9.17) is 15.6 Å². The van der Waals surface area contributed by atoms with E-state index in [1.165, 1.54) is 5.69 Å². The number of amides is 2. The summed E-state index contributed by atoms with van der Waals surface area (Å²) < 4.78 is 8.21. The van der Waals surface area contributed by atoms with Crippen molar-refractivity contribution in [2.24, 2.45) is 0 Å². The quantitative estimate of drug-likeness (QED) is 0.601. The summed E-state index contributed by atoms with van der Waals surface area (Å²) in [5.74, 6) is 0.873. The van der Waals surface area contributed by atoms with Gasteiger partial charge in [-0.2, -0.15) is 5.10 Å². The van der Waals surface area contributed by atoms with Gasteiger partial charge in [0.15, 0.2) is 11.6 Å². The Kier molecular flexibility index (Phi) is 5.63. The van der Waals surface area contributed by atoms with Crippen LogP contribution < -0.4 is 15.8 Å². The zero-order chi connectivity index (χ0) is 23.9. The zero-order valence-electron chi connectivity index (χ0n) is 19.9. The van der Waals surface area contributed by atoms with Gasteiger partial charge < -0.3 is 20.7 Å². The van der Waals surface area contributed by atoms with Gasteiger partial charge in [0, 0.05) is 60.9 Å². The Bertz CT molecular complexity index is 1190. The van der Waals surface area contributed by atoms with Gasteiger partial charge in [-0.15, -0.1) is 0 Å². The molecular weight excluding hydrogens is 430 g/mol. The molecule has 1 unspecified atom stereocenters. The molecule has 1 fully saturated rings. The maximum atomic E-state index is 12.5. The molecule has 0 radical (unpaired) electrons. The number of nitrogen functional groups attached to an aromatic ring is 1. The number of nitrogens with two attached hydrogens (primary N) is 1. The van der Waals surface area contributed by atoms with Crippen LogP contribution in [0.4, 0.5) is 10.6 Å². The van der Waals surface area contributed by atoms with Crippen LogP contribution in [0.3, 0.4) is 0 Å². The number of carbonyl (C=O) groups excluding carboxylic acids is 1. The standard InChI is InChI=1S/C25H31N7O2/c1-16(2)29-24(33)31-10-6-25(15-31)7-11-32-22(25)13-20(30-32)19-12-21(23(26)28-14-19)34-17(3)18-4-8-27-9-5-18/h4-5,8-9,12-14,16-17H,6-7,10-11,15H2,1-3H3,(H2,26,28)(H,29,33)/t17?,25-/m1/s1. The molecule has 1 spiro atoms. The molecule has 2 atom stereocenters. The molecule has 2 aliphatic heterocycles. The predicted molar refractivity (Wildman–Crippen MR) is 129 cm³/mol. The maximum absolute atomic E-state index is 12.5. The number of fused-ring (bicyclic) bond motifs is 2. The number of hydrogen-bond donors (Lipinski definition) is 2. The Hall–Kier alpha value is -3.62. The lowest BCUT2D eigenvalue weighted by molar-refractivity contribution is 0.203. The van der Waals surface area contributed by atoms with Gasteiger partial charge in [0.05, 0.1) is 5.69 Å². The largest absolute Gasteiger partial charge is 0.482 e. The Labute approximate surface area is 199 Å². The minimum Gasteiger partial charge on any atom is -0.482 e. The van der Waals surface area contributed by atoms with Gasteiger partial charge in [-0.1, -0.05) is 0 Å². The summed E-state index contributed by atoms with van der Waals surface area (Å²) in [5.41, 5.74) is 9.97. The van der Waals surface area contributed by atoms with Crippen LogP contribution >= 0.6 is 0 Å². The van der Waals surface area contributed by atoms with Crippen molar-refractivity contribution in [1.82, 2.24) is 30.0 Å². The second-order valence-corrected chi connectivity index (χ2v) is 9.59. The second kappa shape index (κ2) is 8.62. The third-order valence-electron chi connectivity index (χ3n) is 6.84. The third kappa shape index (κ3) is 4.06. The number of nitrogens with one attached hydrogen (secondary N) is 1. The molecule has 1 saturated heterocycles. The molecule has 3 N–H and O–H groups in total. The van der Waals surface area contributed by atoms with Gasteiger partial charge in [-0.25, -0.2) is 9.78 Å². The summed E-state index contributed by atoms with van der Waals surface area (Å²) in [6.45, 7) is 8.26. The molecule has 0 aromatic carbocycles. The highest BCUT2D eigenvalue weighted by molar-refractivity contribution is 5.75. The van der Waals surface area contributed by atoms with Crippen LogP contribution in [0.5, 0.6) is 5.75 Å². The molecule has 5 rings (SSSR count). The Morgan fingerprint density at radius 3 is 2.71 bits per heavy atom. The molecule has 178 valence electrons. The molecule has 0 saturated carbocycles. The number of rotatable bonds is 5. The fourth-order valence-electron chi connectivity index (χ4n) is 4.98. The van der Waals surface area contributed by atoms with Crippen molar-refractivity contribution >= 4 is 11.8 Å². The number of aromatic nitrogens is 4. The van der Waals surface area contributed by atoms with Crippen molar-refractivity contribution in [3.63, 3.8) is 0 Å². The van der Waals surface area contributed by atoms with Gasteiger partial charge >= 0.3 is 6.03 Å². The number of likely N-dealkylation sites (tertiary alicyclic amines) is 1. The van der Waals surface area contributed by atoms with Crippen molar-refractivity contribution in [3.05, 3.63) is 54.1 Å². The van der Waals surface area contributed by atoms with E-state index in [1.54, 1.807) is 18.6 Å². The lowest BCUT2D eigenvalue weighted by atomic mass is 9.82. The van der Waals surface area contributed by atoms with Gasteiger partial charge in [0.1, 0.15) is 6.10 Å². The van der Waals surface area contributed by atoms with E-state index >= 15 is 0 Å². The number of nitrogens with zero attached hydrogens (tertiary/aromatic N) is 5. The minimum atomic E-state index is -0.195.